The summed E-state index contributed by atoms with van der Waals surface area (Å²) in [7, 11) is 0. The second-order valence-corrected chi connectivity index (χ2v) is 2.94. The summed E-state index contributed by atoms with van der Waals surface area (Å²) < 4.78 is 0. The predicted molar refractivity (Wildman–Crippen MR) is 49.6 cm³/mol. The minimum absolute atomic E-state index is 0.195. The third-order valence-corrected chi connectivity index (χ3v) is 2.02. The Balaban J connectivity index is 2.01. The molecule has 1 aliphatic rings. The summed E-state index contributed by atoms with van der Waals surface area (Å²) in [6.07, 6.45) is 7.87. The number of rotatable bonds is 2. The highest BCUT2D eigenvalue weighted by Crippen LogP contribution is 2.10. The number of carbonyl (C=O) groups is 1. The van der Waals surface area contributed by atoms with E-state index in [1.54, 1.807) is 17.3 Å². The number of β-lactam (4-membered cyclic amide) rings is 1. The van der Waals surface area contributed by atoms with Gasteiger partial charge in [0.2, 0.25) is 5.91 Å². The molecule has 0 aliphatic carbocycles. The molecule has 0 radical (unpaired) electrons. The molecule has 0 aromatic carbocycles. The lowest BCUT2D eigenvalue weighted by molar-refractivity contribution is -0.135. The van der Waals surface area contributed by atoms with Crippen molar-refractivity contribution >= 4 is 12.0 Å². The Morgan fingerprint density at radius 3 is 3.00 bits per heavy atom. The molecule has 66 valence electrons. The Bertz CT molecular complexity index is 332. The first kappa shape index (κ1) is 7.98. The molecule has 3 heteroatoms. The van der Waals surface area contributed by atoms with Crippen molar-refractivity contribution in [3.05, 3.63) is 36.3 Å². The largest absolute Gasteiger partial charge is 0.318 e. The monoisotopic (exact) mass is 174 g/mol. The van der Waals surface area contributed by atoms with E-state index in [9.17, 15) is 4.79 Å². The number of likely N-dealkylation sites (tertiary alicyclic amines) is 1. The van der Waals surface area contributed by atoms with Crippen LogP contribution in [-0.2, 0) is 4.79 Å². The van der Waals surface area contributed by atoms with E-state index >= 15 is 0 Å². The van der Waals surface area contributed by atoms with E-state index in [0.29, 0.717) is 6.42 Å². The van der Waals surface area contributed by atoms with Crippen LogP contribution in [0.1, 0.15) is 12.0 Å². The van der Waals surface area contributed by atoms with Gasteiger partial charge >= 0.3 is 0 Å². The van der Waals surface area contributed by atoms with Gasteiger partial charge < -0.3 is 4.90 Å². The molecule has 2 heterocycles. The smallest absolute Gasteiger partial charge is 0.228 e. The highest BCUT2D eigenvalue weighted by atomic mass is 16.2. The first-order valence-corrected chi connectivity index (χ1v) is 4.24. The quantitative estimate of drug-likeness (QED) is 0.633. The normalized spacial score (nSPS) is 16.3. The third-order valence-electron chi connectivity index (χ3n) is 2.02. The Kier molecular flexibility index (Phi) is 2.08. The summed E-state index contributed by atoms with van der Waals surface area (Å²) >= 11 is 0. The van der Waals surface area contributed by atoms with Crippen LogP contribution in [0.3, 0.4) is 0 Å². The number of aromatic nitrogens is 1. The maximum absolute atomic E-state index is 10.9. The average molecular weight is 174 g/mol. The van der Waals surface area contributed by atoms with E-state index in [1.165, 1.54) is 0 Å². The van der Waals surface area contributed by atoms with Gasteiger partial charge in [0.1, 0.15) is 0 Å². The fraction of sp³-hybridized carbons (Fsp3) is 0.200. The first-order chi connectivity index (χ1) is 6.36. The fourth-order valence-electron chi connectivity index (χ4n) is 1.14. The van der Waals surface area contributed by atoms with Crippen LogP contribution in [0.15, 0.2) is 30.7 Å². The number of nitrogens with zero attached hydrogens (tertiary/aromatic N) is 2. The lowest BCUT2D eigenvalue weighted by Crippen LogP contribution is -2.38. The van der Waals surface area contributed by atoms with E-state index < -0.39 is 0 Å². The van der Waals surface area contributed by atoms with E-state index in [0.717, 1.165) is 12.1 Å². The molecule has 1 aromatic heterocycles. The van der Waals surface area contributed by atoms with Gasteiger partial charge in [-0.2, -0.15) is 0 Å². The van der Waals surface area contributed by atoms with E-state index in [1.807, 2.05) is 24.4 Å². The Hall–Kier alpha value is -1.64. The molecule has 13 heavy (non-hydrogen) atoms. The molecule has 2 rings (SSSR count). The van der Waals surface area contributed by atoms with Crippen molar-refractivity contribution < 1.29 is 4.79 Å². The molecule has 1 fully saturated rings. The standard InChI is InChI=1S/C10H10N2O/c13-10-4-7-12(10)6-3-9-2-1-5-11-8-9/h1-3,5-6,8H,4,7H2. The molecule has 0 atom stereocenters. The molecule has 0 N–H and O–H groups in total. The van der Waals surface area contributed by atoms with Crippen molar-refractivity contribution in [2.45, 2.75) is 6.42 Å². The van der Waals surface area contributed by atoms with Crippen molar-refractivity contribution in [3.63, 3.8) is 0 Å². The maximum atomic E-state index is 10.9. The number of amides is 1. The van der Waals surface area contributed by atoms with Crippen LogP contribution in [0, 0.1) is 0 Å². The third kappa shape index (κ3) is 1.75. The number of hydrogen-bond donors (Lipinski definition) is 0. The van der Waals surface area contributed by atoms with E-state index in [-0.39, 0.29) is 5.91 Å². The first-order valence-electron chi connectivity index (χ1n) is 4.24. The number of pyridine rings is 1. The highest BCUT2D eigenvalue weighted by molar-refractivity contribution is 5.83. The molecule has 1 saturated heterocycles. The second-order valence-electron chi connectivity index (χ2n) is 2.94. The molecule has 0 bridgehead atoms. The zero-order valence-corrected chi connectivity index (χ0v) is 7.18. The van der Waals surface area contributed by atoms with Crippen molar-refractivity contribution in [2.75, 3.05) is 6.54 Å². The highest BCUT2D eigenvalue weighted by Gasteiger charge is 2.20. The second kappa shape index (κ2) is 3.39. The molecule has 1 aromatic rings. The van der Waals surface area contributed by atoms with Gasteiger partial charge in [-0.25, -0.2) is 0 Å². The maximum Gasteiger partial charge on any atom is 0.228 e. The Morgan fingerprint density at radius 2 is 2.46 bits per heavy atom. The molecule has 0 unspecified atom stereocenters. The number of hydrogen-bond acceptors (Lipinski definition) is 2. The Labute approximate surface area is 76.7 Å². The van der Waals surface area contributed by atoms with Crippen LogP contribution in [0.2, 0.25) is 0 Å². The van der Waals surface area contributed by atoms with Gasteiger partial charge in [0.15, 0.2) is 0 Å². The van der Waals surface area contributed by atoms with Crippen LogP contribution in [0.5, 0.6) is 0 Å². The van der Waals surface area contributed by atoms with Crippen molar-refractivity contribution in [1.29, 1.82) is 0 Å². The van der Waals surface area contributed by atoms with Gasteiger partial charge in [0, 0.05) is 31.6 Å². The van der Waals surface area contributed by atoms with Gasteiger partial charge in [-0.1, -0.05) is 6.07 Å². The topological polar surface area (TPSA) is 33.2 Å². The summed E-state index contributed by atoms with van der Waals surface area (Å²) in [6.45, 7) is 0.843. The van der Waals surface area contributed by atoms with E-state index in [2.05, 4.69) is 4.98 Å². The molecule has 0 spiro atoms. The molecule has 3 nitrogen and oxygen atoms in total. The van der Waals surface area contributed by atoms with Gasteiger partial charge in [-0.05, 0) is 17.7 Å². The predicted octanol–water partition coefficient (Wildman–Crippen LogP) is 1.28. The molecule has 0 saturated carbocycles. The van der Waals surface area contributed by atoms with Crippen LogP contribution >= 0.6 is 0 Å². The average Bonchev–Trinajstić information content (AvgIpc) is 2.17. The summed E-state index contributed by atoms with van der Waals surface area (Å²) in [6, 6.07) is 3.82. The minimum atomic E-state index is 0.195. The zero-order valence-electron chi connectivity index (χ0n) is 7.18. The van der Waals surface area contributed by atoms with Crippen LogP contribution < -0.4 is 0 Å². The summed E-state index contributed by atoms with van der Waals surface area (Å²) in [5, 5.41) is 0. The zero-order chi connectivity index (χ0) is 9.10. The lowest BCUT2D eigenvalue weighted by atomic mass is 10.2. The summed E-state index contributed by atoms with van der Waals surface area (Å²) in [4.78, 5) is 16.6. The van der Waals surface area contributed by atoms with Crippen molar-refractivity contribution in [3.8, 4) is 0 Å². The van der Waals surface area contributed by atoms with Gasteiger partial charge in [-0.3, -0.25) is 9.78 Å². The summed E-state index contributed by atoms with van der Waals surface area (Å²) in [5.41, 5.74) is 1.02. The van der Waals surface area contributed by atoms with Crippen molar-refractivity contribution in [2.24, 2.45) is 0 Å². The van der Waals surface area contributed by atoms with Crippen LogP contribution in [0.4, 0.5) is 0 Å². The summed E-state index contributed by atoms with van der Waals surface area (Å²) in [5.74, 6) is 0.195. The molecule has 1 amide bonds. The van der Waals surface area contributed by atoms with Crippen LogP contribution in [0.25, 0.3) is 6.08 Å². The van der Waals surface area contributed by atoms with Crippen LogP contribution in [-0.4, -0.2) is 22.3 Å². The van der Waals surface area contributed by atoms with Crippen molar-refractivity contribution in [1.82, 2.24) is 9.88 Å². The van der Waals surface area contributed by atoms with Gasteiger partial charge in [-0.15, -0.1) is 0 Å². The molecular weight excluding hydrogens is 164 g/mol. The van der Waals surface area contributed by atoms with E-state index in [4.69, 9.17) is 0 Å². The fourth-order valence-corrected chi connectivity index (χ4v) is 1.14. The van der Waals surface area contributed by atoms with Gasteiger partial charge in [0.25, 0.3) is 0 Å². The minimum Gasteiger partial charge on any atom is -0.318 e. The SMILES string of the molecule is O=C1CCN1C=Cc1cccnc1. The molecule has 1 aliphatic heterocycles. The molecular formula is C10H10N2O. The van der Waals surface area contributed by atoms with Gasteiger partial charge in [0.05, 0.1) is 0 Å². The number of carbonyl (C=O) groups excluding carboxylic acids is 1. The Morgan fingerprint density at radius 1 is 1.54 bits per heavy atom. The lowest BCUT2D eigenvalue weighted by Gasteiger charge is -2.26.